The molecule has 1 aromatic rings. The average molecular weight is 359 g/mol. The summed E-state index contributed by atoms with van der Waals surface area (Å²) >= 11 is 0. The van der Waals surface area contributed by atoms with Gasteiger partial charge in [0.05, 0.1) is 12.8 Å². The van der Waals surface area contributed by atoms with E-state index in [-0.39, 0.29) is 11.8 Å². The minimum absolute atomic E-state index is 0.0321. The number of hydrogen-bond donors (Lipinski definition) is 2. The van der Waals surface area contributed by atoms with Crippen LogP contribution in [0.15, 0.2) is 18.2 Å². The van der Waals surface area contributed by atoms with Crippen LogP contribution < -0.4 is 20.3 Å². The fourth-order valence-electron chi connectivity index (χ4n) is 3.77. The fraction of sp³-hybridized carbons (Fsp3) is 0.600. The second kappa shape index (κ2) is 9.03. The monoisotopic (exact) mass is 359 g/mol. The molecule has 3 rings (SSSR count). The number of hydrogen-bond acceptors (Lipinski definition) is 4. The molecule has 0 aliphatic carbocycles. The van der Waals surface area contributed by atoms with Crippen LogP contribution in [0.3, 0.4) is 0 Å². The zero-order chi connectivity index (χ0) is 18.4. The first-order valence-corrected chi connectivity index (χ1v) is 9.66. The molecule has 2 heterocycles. The topological polar surface area (TPSA) is 70.7 Å². The van der Waals surface area contributed by atoms with Gasteiger partial charge in [-0.25, -0.2) is 0 Å². The number of carbonyl (C=O) groups excluding carboxylic acids is 2. The van der Waals surface area contributed by atoms with Crippen molar-refractivity contribution in [2.45, 2.75) is 44.9 Å². The number of rotatable bonds is 6. The highest BCUT2D eigenvalue weighted by Gasteiger charge is 2.23. The second-order valence-electron chi connectivity index (χ2n) is 7.17. The Bertz CT molecular complexity index is 641. The van der Waals surface area contributed by atoms with Crippen molar-refractivity contribution in [3.63, 3.8) is 0 Å². The van der Waals surface area contributed by atoms with Crippen molar-refractivity contribution >= 4 is 23.2 Å². The maximum atomic E-state index is 12.3. The molecular weight excluding hydrogens is 330 g/mol. The van der Waals surface area contributed by atoms with Crippen LogP contribution in [0.2, 0.25) is 0 Å². The number of ether oxygens (including phenoxy) is 1. The standard InChI is InChI=1S/C20H29N3O3/c1-26-18-7-6-16(14-17(18)23-13-3-2-4-20(23)25)22-19(24)8-5-15-9-11-21-12-10-15/h6-7,14-15,21H,2-5,8-13H2,1H3,(H,22,24). The first-order valence-electron chi connectivity index (χ1n) is 9.66. The Balaban J connectivity index is 1.63. The summed E-state index contributed by atoms with van der Waals surface area (Å²) < 4.78 is 5.42. The fourth-order valence-corrected chi connectivity index (χ4v) is 3.77. The van der Waals surface area contributed by atoms with E-state index < -0.39 is 0 Å². The molecule has 2 aliphatic rings. The van der Waals surface area contributed by atoms with Gasteiger partial charge in [0.2, 0.25) is 11.8 Å². The molecule has 26 heavy (non-hydrogen) atoms. The van der Waals surface area contributed by atoms with E-state index in [0.29, 0.717) is 31.1 Å². The molecule has 0 aromatic heterocycles. The molecule has 0 atom stereocenters. The van der Waals surface area contributed by atoms with Gasteiger partial charge < -0.3 is 20.3 Å². The number of anilines is 2. The highest BCUT2D eigenvalue weighted by molar-refractivity contribution is 5.97. The van der Waals surface area contributed by atoms with E-state index in [9.17, 15) is 9.59 Å². The van der Waals surface area contributed by atoms with Gasteiger partial charge in [-0.15, -0.1) is 0 Å². The summed E-state index contributed by atoms with van der Waals surface area (Å²) in [6.45, 7) is 2.80. The zero-order valence-corrected chi connectivity index (χ0v) is 15.6. The number of nitrogens with one attached hydrogen (secondary N) is 2. The van der Waals surface area contributed by atoms with Crippen molar-refractivity contribution in [3.05, 3.63) is 18.2 Å². The minimum atomic E-state index is 0.0321. The smallest absolute Gasteiger partial charge is 0.227 e. The molecule has 6 heteroatoms. The average Bonchev–Trinajstić information content (AvgIpc) is 2.67. The molecule has 0 saturated carbocycles. The Kier molecular flexibility index (Phi) is 6.50. The van der Waals surface area contributed by atoms with Crippen LogP contribution in [-0.4, -0.2) is 38.6 Å². The van der Waals surface area contributed by atoms with E-state index in [1.165, 1.54) is 0 Å². The normalized spacial score (nSPS) is 18.7. The lowest BCUT2D eigenvalue weighted by molar-refractivity contribution is -0.119. The molecule has 0 unspecified atom stereocenters. The van der Waals surface area contributed by atoms with Gasteiger partial charge in [0.15, 0.2) is 0 Å². The summed E-state index contributed by atoms with van der Waals surface area (Å²) in [6.07, 6.45) is 6.26. The van der Waals surface area contributed by atoms with Crippen LogP contribution in [0.25, 0.3) is 0 Å². The third kappa shape index (κ3) is 4.75. The lowest BCUT2D eigenvalue weighted by Crippen LogP contribution is -2.35. The Hall–Kier alpha value is -2.08. The summed E-state index contributed by atoms with van der Waals surface area (Å²) in [7, 11) is 1.60. The van der Waals surface area contributed by atoms with Crippen LogP contribution in [0, 0.1) is 5.92 Å². The third-order valence-electron chi connectivity index (χ3n) is 5.32. The second-order valence-corrected chi connectivity index (χ2v) is 7.17. The number of piperidine rings is 2. The van der Waals surface area contributed by atoms with Crippen molar-refractivity contribution < 1.29 is 14.3 Å². The summed E-state index contributed by atoms with van der Waals surface area (Å²) in [6, 6.07) is 5.50. The van der Waals surface area contributed by atoms with E-state index in [2.05, 4.69) is 10.6 Å². The summed E-state index contributed by atoms with van der Waals surface area (Å²) in [4.78, 5) is 26.3. The van der Waals surface area contributed by atoms with Crippen molar-refractivity contribution in [1.82, 2.24) is 5.32 Å². The highest BCUT2D eigenvalue weighted by atomic mass is 16.5. The molecule has 0 radical (unpaired) electrons. The van der Waals surface area contributed by atoms with Gasteiger partial charge in [-0.2, -0.15) is 0 Å². The molecular formula is C20H29N3O3. The summed E-state index contributed by atoms with van der Waals surface area (Å²) in [5, 5.41) is 6.33. The Morgan fingerprint density at radius 1 is 1.31 bits per heavy atom. The lowest BCUT2D eigenvalue weighted by atomic mass is 9.93. The van der Waals surface area contributed by atoms with Gasteiger partial charge in [0.25, 0.3) is 0 Å². The molecule has 0 bridgehead atoms. The van der Waals surface area contributed by atoms with Gasteiger partial charge >= 0.3 is 0 Å². The van der Waals surface area contributed by atoms with Gasteiger partial charge in [0.1, 0.15) is 5.75 Å². The Labute approximate surface area is 155 Å². The van der Waals surface area contributed by atoms with Crippen molar-refractivity contribution in [2.24, 2.45) is 5.92 Å². The van der Waals surface area contributed by atoms with Crippen LogP contribution in [0.5, 0.6) is 5.75 Å². The van der Waals surface area contributed by atoms with Gasteiger partial charge in [-0.1, -0.05) is 0 Å². The van der Waals surface area contributed by atoms with Crippen LogP contribution in [-0.2, 0) is 9.59 Å². The van der Waals surface area contributed by atoms with E-state index in [0.717, 1.165) is 56.6 Å². The Morgan fingerprint density at radius 2 is 2.12 bits per heavy atom. The molecule has 2 fully saturated rings. The van der Waals surface area contributed by atoms with Crippen molar-refractivity contribution in [1.29, 1.82) is 0 Å². The van der Waals surface area contributed by atoms with Gasteiger partial charge in [-0.05, 0) is 69.3 Å². The van der Waals surface area contributed by atoms with Gasteiger partial charge in [-0.3, -0.25) is 9.59 Å². The predicted molar refractivity (Wildman–Crippen MR) is 103 cm³/mol. The number of methoxy groups -OCH3 is 1. The third-order valence-corrected chi connectivity index (χ3v) is 5.32. The first kappa shape index (κ1) is 18.7. The number of carbonyl (C=O) groups is 2. The van der Waals surface area contributed by atoms with Gasteiger partial charge in [0, 0.05) is 25.1 Å². The lowest BCUT2D eigenvalue weighted by Gasteiger charge is -2.28. The summed E-state index contributed by atoms with van der Waals surface area (Å²) in [5.41, 5.74) is 1.46. The quantitative estimate of drug-likeness (QED) is 0.819. The largest absolute Gasteiger partial charge is 0.495 e. The van der Waals surface area contributed by atoms with E-state index in [1.807, 2.05) is 18.2 Å². The van der Waals surface area contributed by atoms with E-state index >= 15 is 0 Å². The molecule has 1 aromatic carbocycles. The van der Waals surface area contributed by atoms with E-state index in [1.54, 1.807) is 12.0 Å². The molecule has 6 nitrogen and oxygen atoms in total. The van der Waals surface area contributed by atoms with E-state index in [4.69, 9.17) is 4.74 Å². The predicted octanol–water partition coefficient (Wildman–Crippen LogP) is 2.93. The number of amides is 2. The van der Waals surface area contributed by atoms with Crippen molar-refractivity contribution in [3.8, 4) is 5.75 Å². The zero-order valence-electron chi connectivity index (χ0n) is 15.6. The molecule has 142 valence electrons. The number of nitrogens with zero attached hydrogens (tertiary/aromatic N) is 1. The van der Waals surface area contributed by atoms with Crippen molar-refractivity contribution in [2.75, 3.05) is 37.0 Å². The molecule has 2 aliphatic heterocycles. The Morgan fingerprint density at radius 3 is 2.85 bits per heavy atom. The highest BCUT2D eigenvalue weighted by Crippen LogP contribution is 2.33. The summed E-state index contributed by atoms with van der Waals surface area (Å²) in [5.74, 6) is 1.45. The SMILES string of the molecule is COc1ccc(NC(=O)CCC2CCNCC2)cc1N1CCCCC1=O. The molecule has 0 spiro atoms. The maximum Gasteiger partial charge on any atom is 0.227 e. The maximum absolute atomic E-state index is 12.3. The molecule has 2 amide bonds. The van der Waals surface area contributed by atoms with Crippen LogP contribution in [0.4, 0.5) is 11.4 Å². The van der Waals surface area contributed by atoms with Crippen LogP contribution >= 0.6 is 0 Å². The number of benzene rings is 1. The minimum Gasteiger partial charge on any atom is -0.495 e. The van der Waals surface area contributed by atoms with Crippen LogP contribution in [0.1, 0.15) is 44.9 Å². The first-order chi connectivity index (χ1) is 12.7. The molecule has 2 saturated heterocycles. The molecule has 2 N–H and O–H groups in total.